The molecule has 0 aromatic rings. The predicted octanol–water partition coefficient (Wildman–Crippen LogP) is 0.908. The van der Waals surface area contributed by atoms with Crippen LogP contribution in [0.3, 0.4) is 0 Å². The second-order valence-corrected chi connectivity index (χ2v) is 3.07. The molecule has 0 saturated carbocycles. The van der Waals surface area contributed by atoms with Crippen molar-refractivity contribution in [3.8, 4) is 0 Å². The molecule has 1 aliphatic rings. The van der Waals surface area contributed by atoms with Gasteiger partial charge in [-0.3, -0.25) is 14.9 Å². The van der Waals surface area contributed by atoms with Gasteiger partial charge in [-0.15, -0.1) is 0 Å². The molecule has 0 saturated heterocycles. The highest BCUT2D eigenvalue weighted by Gasteiger charge is 2.31. The lowest BCUT2D eigenvalue weighted by atomic mass is 10.0. The number of nitro groups is 1. The number of hydrogen-bond donors (Lipinski definition) is 0. The van der Waals surface area contributed by atoms with Crippen LogP contribution in [0.5, 0.6) is 0 Å². The Morgan fingerprint density at radius 2 is 2.36 bits per heavy atom. The van der Waals surface area contributed by atoms with E-state index >= 15 is 0 Å². The van der Waals surface area contributed by atoms with E-state index in [1.807, 2.05) is 0 Å². The maximum atomic E-state index is 10.7. The normalized spacial score (nSPS) is 25.7. The third-order valence-corrected chi connectivity index (χ3v) is 2.11. The minimum atomic E-state index is -1.05. The van der Waals surface area contributed by atoms with Gasteiger partial charge < -0.3 is 4.74 Å². The van der Waals surface area contributed by atoms with Gasteiger partial charge in [0.15, 0.2) is 0 Å². The molecule has 5 nitrogen and oxygen atoms in total. The SMILES string of the molecule is COC1C=CC(C(=O)Cl)=CC1[N+](=O)[O-]. The first kappa shape index (κ1) is 10.9. The molecule has 76 valence electrons. The van der Waals surface area contributed by atoms with Crippen LogP contribution in [0.25, 0.3) is 0 Å². The fourth-order valence-corrected chi connectivity index (χ4v) is 1.30. The summed E-state index contributed by atoms with van der Waals surface area (Å²) in [5.41, 5.74) is 0.127. The summed E-state index contributed by atoms with van der Waals surface area (Å²) in [6.07, 6.45) is 3.42. The highest BCUT2D eigenvalue weighted by Crippen LogP contribution is 2.17. The summed E-state index contributed by atoms with van der Waals surface area (Å²) in [6, 6.07) is -1.05. The Balaban J connectivity index is 2.94. The van der Waals surface area contributed by atoms with Crippen molar-refractivity contribution in [2.24, 2.45) is 0 Å². The third kappa shape index (κ3) is 2.18. The van der Waals surface area contributed by atoms with Crippen molar-refractivity contribution < 1.29 is 14.5 Å². The van der Waals surface area contributed by atoms with Gasteiger partial charge in [-0.05, 0) is 17.7 Å². The van der Waals surface area contributed by atoms with Gasteiger partial charge in [0, 0.05) is 23.7 Å². The average Bonchev–Trinajstić information content (AvgIpc) is 2.16. The Morgan fingerprint density at radius 1 is 1.71 bits per heavy atom. The number of hydrogen-bond acceptors (Lipinski definition) is 4. The van der Waals surface area contributed by atoms with E-state index in [0.29, 0.717) is 0 Å². The molecule has 0 N–H and O–H groups in total. The Hall–Kier alpha value is -1.20. The molecule has 6 heteroatoms. The Bertz CT molecular complexity index is 323. The molecule has 0 radical (unpaired) electrons. The van der Waals surface area contributed by atoms with Crippen LogP contribution in [0, 0.1) is 10.1 Å². The third-order valence-electron chi connectivity index (χ3n) is 1.89. The van der Waals surface area contributed by atoms with Crippen LogP contribution in [0.1, 0.15) is 0 Å². The molecule has 0 aromatic heterocycles. The van der Waals surface area contributed by atoms with Gasteiger partial charge in [-0.1, -0.05) is 6.08 Å². The molecule has 1 rings (SSSR count). The summed E-state index contributed by atoms with van der Waals surface area (Å²) in [5, 5.41) is 9.88. The Kier molecular flexibility index (Phi) is 3.38. The summed E-state index contributed by atoms with van der Waals surface area (Å²) in [7, 11) is 1.37. The van der Waals surface area contributed by atoms with Crippen LogP contribution in [0.2, 0.25) is 0 Å². The standard InChI is InChI=1S/C8H8ClNO4/c1-14-7-3-2-5(8(9)11)4-6(7)10(12)13/h2-4,6-7H,1H3. The first-order valence-corrected chi connectivity index (χ1v) is 4.20. The molecule has 0 bridgehead atoms. The van der Waals surface area contributed by atoms with Crippen LogP contribution in [-0.4, -0.2) is 29.4 Å². The molecule has 0 amide bonds. The van der Waals surface area contributed by atoms with Gasteiger partial charge in [0.2, 0.25) is 0 Å². The number of halogens is 1. The molecule has 14 heavy (non-hydrogen) atoms. The van der Waals surface area contributed by atoms with Gasteiger partial charge in [-0.25, -0.2) is 0 Å². The Labute approximate surface area is 85.1 Å². The van der Waals surface area contributed by atoms with Gasteiger partial charge in [0.1, 0.15) is 6.10 Å². The monoisotopic (exact) mass is 217 g/mol. The molecule has 1 aliphatic carbocycles. The smallest absolute Gasteiger partial charge is 0.261 e. The fraction of sp³-hybridized carbons (Fsp3) is 0.375. The quantitative estimate of drug-likeness (QED) is 0.400. The van der Waals surface area contributed by atoms with E-state index in [1.165, 1.54) is 25.3 Å². The summed E-state index contributed by atoms with van der Waals surface area (Å²) in [4.78, 5) is 20.8. The van der Waals surface area contributed by atoms with E-state index in [-0.39, 0.29) is 5.57 Å². The highest BCUT2D eigenvalue weighted by atomic mass is 35.5. The molecule has 2 unspecified atom stereocenters. The average molecular weight is 218 g/mol. The number of methoxy groups -OCH3 is 1. The number of carbonyl (C=O) groups excluding carboxylic acids is 1. The zero-order valence-corrected chi connectivity index (χ0v) is 8.10. The number of allylic oxidation sites excluding steroid dienone is 2. The molecule has 0 fully saturated rings. The number of nitrogens with zero attached hydrogens (tertiary/aromatic N) is 1. The van der Waals surface area contributed by atoms with E-state index in [9.17, 15) is 14.9 Å². The zero-order chi connectivity index (χ0) is 10.7. The second kappa shape index (κ2) is 4.34. The molecule has 0 aliphatic heterocycles. The topological polar surface area (TPSA) is 69.4 Å². The van der Waals surface area contributed by atoms with Crippen molar-refractivity contribution in [3.63, 3.8) is 0 Å². The van der Waals surface area contributed by atoms with Crippen LogP contribution in [-0.2, 0) is 9.53 Å². The van der Waals surface area contributed by atoms with Gasteiger partial charge in [0.05, 0.1) is 0 Å². The van der Waals surface area contributed by atoms with Crippen molar-refractivity contribution in [1.82, 2.24) is 0 Å². The molecule has 2 atom stereocenters. The molecule has 0 spiro atoms. The number of carbonyl (C=O) groups is 1. The zero-order valence-electron chi connectivity index (χ0n) is 7.34. The minimum absolute atomic E-state index is 0.127. The van der Waals surface area contributed by atoms with Crippen LogP contribution in [0.15, 0.2) is 23.8 Å². The summed E-state index contributed by atoms with van der Waals surface area (Å²) < 4.78 is 4.87. The Morgan fingerprint density at radius 3 is 2.79 bits per heavy atom. The van der Waals surface area contributed by atoms with Crippen LogP contribution in [0.4, 0.5) is 0 Å². The van der Waals surface area contributed by atoms with Crippen molar-refractivity contribution in [2.45, 2.75) is 12.1 Å². The molecule has 0 heterocycles. The van der Waals surface area contributed by atoms with Crippen LogP contribution >= 0.6 is 11.6 Å². The molecular weight excluding hydrogens is 210 g/mol. The number of ether oxygens (including phenoxy) is 1. The fourth-order valence-electron chi connectivity index (χ4n) is 1.18. The molecule has 0 aromatic carbocycles. The van der Waals surface area contributed by atoms with Crippen molar-refractivity contribution in [2.75, 3.05) is 7.11 Å². The summed E-state index contributed by atoms with van der Waals surface area (Å²) in [6.45, 7) is 0. The van der Waals surface area contributed by atoms with Gasteiger partial charge >= 0.3 is 0 Å². The maximum absolute atomic E-state index is 10.7. The predicted molar refractivity (Wildman–Crippen MR) is 49.7 cm³/mol. The van der Waals surface area contributed by atoms with Crippen LogP contribution < -0.4 is 0 Å². The van der Waals surface area contributed by atoms with Crippen molar-refractivity contribution in [1.29, 1.82) is 0 Å². The highest BCUT2D eigenvalue weighted by molar-refractivity contribution is 6.68. The van der Waals surface area contributed by atoms with E-state index in [1.54, 1.807) is 0 Å². The lowest BCUT2D eigenvalue weighted by Gasteiger charge is -2.17. The van der Waals surface area contributed by atoms with E-state index in [4.69, 9.17) is 16.3 Å². The van der Waals surface area contributed by atoms with E-state index in [0.717, 1.165) is 0 Å². The largest absolute Gasteiger partial charge is 0.370 e. The number of rotatable bonds is 3. The maximum Gasteiger partial charge on any atom is 0.261 e. The lowest BCUT2D eigenvalue weighted by Crippen LogP contribution is -2.34. The van der Waals surface area contributed by atoms with Crippen molar-refractivity contribution in [3.05, 3.63) is 33.9 Å². The molecular formula is C8H8ClNO4. The first-order chi connectivity index (χ1) is 6.56. The first-order valence-electron chi connectivity index (χ1n) is 3.82. The summed E-state index contributed by atoms with van der Waals surface area (Å²) >= 11 is 5.20. The van der Waals surface area contributed by atoms with Gasteiger partial charge in [0.25, 0.3) is 11.3 Å². The van der Waals surface area contributed by atoms with E-state index in [2.05, 4.69) is 0 Å². The van der Waals surface area contributed by atoms with Gasteiger partial charge in [-0.2, -0.15) is 0 Å². The lowest BCUT2D eigenvalue weighted by molar-refractivity contribution is -0.519. The van der Waals surface area contributed by atoms with Crippen molar-refractivity contribution >= 4 is 16.8 Å². The minimum Gasteiger partial charge on any atom is -0.370 e. The second-order valence-electron chi connectivity index (χ2n) is 2.73. The summed E-state index contributed by atoms with van der Waals surface area (Å²) in [5.74, 6) is 0. The van der Waals surface area contributed by atoms with E-state index < -0.39 is 22.3 Å².